The van der Waals surface area contributed by atoms with Crippen LogP contribution in [0.15, 0.2) is 59.2 Å². The highest BCUT2D eigenvalue weighted by molar-refractivity contribution is 6.12. The first kappa shape index (κ1) is 17.0. The third-order valence-corrected chi connectivity index (χ3v) is 4.25. The van der Waals surface area contributed by atoms with Crippen LogP contribution in [0.4, 0.5) is 0 Å². The molecule has 1 heterocycles. The van der Waals surface area contributed by atoms with Crippen molar-refractivity contribution in [2.45, 2.75) is 12.8 Å². The van der Waals surface area contributed by atoms with Crippen LogP contribution in [0.2, 0.25) is 0 Å². The number of ether oxygens (including phenoxy) is 3. The number of carbonyl (C=O) groups is 2. The molecule has 2 aromatic carbocycles. The normalized spacial score (nSPS) is 17.4. The Balaban J connectivity index is 1.58. The largest absolute Gasteiger partial charge is 0.493 e. The molecule has 0 amide bonds. The van der Waals surface area contributed by atoms with Crippen LogP contribution in [0.5, 0.6) is 11.5 Å². The summed E-state index contributed by atoms with van der Waals surface area (Å²) in [5, 5.41) is 0. The Labute approximate surface area is 156 Å². The second-order valence-electron chi connectivity index (χ2n) is 6.31. The van der Waals surface area contributed by atoms with Crippen molar-refractivity contribution < 1.29 is 23.8 Å². The van der Waals surface area contributed by atoms with Crippen LogP contribution in [-0.2, 0) is 14.3 Å². The SMILES string of the molecule is COc1cc(/C=C2\N=C(c3ccccc3)OC2=O)ccc1OC(=O)C1CC1. The molecule has 6 nitrogen and oxygen atoms in total. The minimum absolute atomic E-state index is 0.00416. The number of cyclic esters (lactones) is 1. The van der Waals surface area contributed by atoms with Crippen LogP contribution in [0, 0.1) is 5.92 Å². The van der Waals surface area contributed by atoms with Gasteiger partial charge in [-0.1, -0.05) is 24.3 Å². The van der Waals surface area contributed by atoms with Crippen LogP contribution in [0.25, 0.3) is 6.08 Å². The van der Waals surface area contributed by atoms with Gasteiger partial charge in [0.2, 0.25) is 5.90 Å². The molecule has 1 fully saturated rings. The van der Waals surface area contributed by atoms with Crippen molar-refractivity contribution in [1.29, 1.82) is 0 Å². The first-order valence-electron chi connectivity index (χ1n) is 8.62. The van der Waals surface area contributed by atoms with E-state index in [0.29, 0.717) is 17.1 Å². The van der Waals surface area contributed by atoms with Crippen molar-refractivity contribution in [3.05, 3.63) is 65.4 Å². The van der Waals surface area contributed by atoms with Gasteiger partial charge in [-0.2, -0.15) is 0 Å². The monoisotopic (exact) mass is 363 g/mol. The summed E-state index contributed by atoms with van der Waals surface area (Å²) in [7, 11) is 1.50. The zero-order valence-corrected chi connectivity index (χ0v) is 14.7. The summed E-state index contributed by atoms with van der Waals surface area (Å²) in [5.41, 5.74) is 1.61. The van der Waals surface area contributed by atoms with E-state index < -0.39 is 5.97 Å². The molecule has 0 N–H and O–H groups in total. The van der Waals surface area contributed by atoms with Crippen LogP contribution in [-0.4, -0.2) is 24.9 Å². The maximum Gasteiger partial charge on any atom is 0.363 e. The maximum absolute atomic E-state index is 12.1. The van der Waals surface area contributed by atoms with Crippen molar-refractivity contribution >= 4 is 23.9 Å². The van der Waals surface area contributed by atoms with E-state index in [1.54, 1.807) is 24.3 Å². The molecule has 1 saturated carbocycles. The van der Waals surface area contributed by atoms with E-state index in [1.165, 1.54) is 7.11 Å². The molecule has 0 aromatic heterocycles. The topological polar surface area (TPSA) is 74.2 Å². The molecule has 0 saturated heterocycles. The van der Waals surface area contributed by atoms with Gasteiger partial charge in [0.25, 0.3) is 0 Å². The summed E-state index contributed by atoms with van der Waals surface area (Å²) in [6.07, 6.45) is 3.34. The molecule has 4 rings (SSSR count). The zero-order valence-electron chi connectivity index (χ0n) is 14.7. The second kappa shape index (κ2) is 7.07. The van der Waals surface area contributed by atoms with Gasteiger partial charge in [0, 0.05) is 5.56 Å². The van der Waals surface area contributed by atoms with Gasteiger partial charge in [-0.3, -0.25) is 4.79 Å². The van der Waals surface area contributed by atoms with E-state index in [-0.39, 0.29) is 23.5 Å². The van der Waals surface area contributed by atoms with E-state index >= 15 is 0 Å². The Morgan fingerprint density at radius 1 is 1.15 bits per heavy atom. The standard InChI is InChI=1S/C21H17NO5/c1-25-18-12-13(7-10-17(18)26-20(23)15-8-9-15)11-16-21(24)27-19(22-16)14-5-3-2-4-6-14/h2-7,10-12,15H,8-9H2,1H3/b16-11-. The van der Waals surface area contributed by atoms with E-state index in [1.807, 2.05) is 30.3 Å². The summed E-state index contributed by atoms with van der Waals surface area (Å²) >= 11 is 0. The lowest BCUT2D eigenvalue weighted by Gasteiger charge is -2.09. The van der Waals surface area contributed by atoms with Crippen molar-refractivity contribution in [2.75, 3.05) is 7.11 Å². The zero-order chi connectivity index (χ0) is 18.8. The summed E-state index contributed by atoms with van der Waals surface area (Å²) in [4.78, 5) is 28.2. The third-order valence-electron chi connectivity index (χ3n) is 4.25. The summed E-state index contributed by atoms with van der Waals surface area (Å²) in [5.74, 6) is 0.285. The maximum atomic E-state index is 12.1. The Morgan fingerprint density at radius 2 is 1.93 bits per heavy atom. The fraction of sp³-hybridized carbons (Fsp3) is 0.190. The van der Waals surface area contributed by atoms with Gasteiger partial charge in [-0.05, 0) is 48.7 Å². The van der Waals surface area contributed by atoms with Gasteiger partial charge >= 0.3 is 11.9 Å². The number of hydrogen-bond donors (Lipinski definition) is 0. The van der Waals surface area contributed by atoms with E-state index in [4.69, 9.17) is 14.2 Å². The Bertz CT molecular complexity index is 958. The molecule has 6 heteroatoms. The second-order valence-corrected chi connectivity index (χ2v) is 6.31. The average molecular weight is 363 g/mol. The summed E-state index contributed by atoms with van der Waals surface area (Å²) < 4.78 is 15.9. The molecular formula is C21H17NO5. The van der Waals surface area contributed by atoms with Gasteiger partial charge in [0.05, 0.1) is 13.0 Å². The van der Waals surface area contributed by atoms with Crippen molar-refractivity contribution in [3.63, 3.8) is 0 Å². The first-order chi connectivity index (χ1) is 13.1. The van der Waals surface area contributed by atoms with Crippen molar-refractivity contribution in [2.24, 2.45) is 10.9 Å². The lowest BCUT2D eigenvalue weighted by molar-refractivity contribution is -0.136. The number of rotatable bonds is 5. The summed E-state index contributed by atoms with van der Waals surface area (Å²) in [6.45, 7) is 0. The lowest BCUT2D eigenvalue weighted by atomic mass is 10.1. The molecule has 136 valence electrons. The van der Waals surface area contributed by atoms with Crippen molar-refractivity contribution in [1.82, 2.24) is 0 Å². The van der Waals surface area contributed by atoms with E-state index in [0.717, 1.165) is 18.4 Å². The van der Waals surface area contributed by atoms with Crippen LogP contribution in [0.1, 0.15) is 24.0 Å². The van der Waals surface area contributed by atoms with Crippen LogP contribution < -0.4 is 9.47 Å². The molecule has 1 aliphatic heterocycles. The van der Waals surface area contributed by atoms with Gasteiger partial charge in [-0.25, -0.2) is 9.79 Å². The molecule has 0 spiro atoms. The van der Waals surface area contributed by atoms with E-state index in [2.05, 4.69) is 4.99 Å². The first-order valence-corrected chi connectivity index (χ1v) is 8.62. The molecule has 1 aliphatic carbocycles. The fourth-order valence-electron chi connectivity index (χ4n) is 2.64. The number of esters is 2. The smallest absolute Gasteiger partial charge is 0.363 e. The third kappa shape index (κ3) is 3.74. The Kier molecular flexibility index (Phi) is 4.46. The van der Waals surface area contributed by atoms with Gasteiger partial charge in [0.1, 0.15) is 0 Å². The molecular weight excluding hydrogens is 346 g/mol. The van der Waals surface area contributed by atoms with E-state index in [9.17, 15) is 9.59 Å². The number of hydrogen-bond acceptors (Lipinski definition) is 6. The number of methoxy groups -OCH3 is 1. The average Bonchev–Trinajstić information content (AvgIpc) is 3.48. The highest BCUT2D eigenvalue weighted by Crippen LogP contribution is 2.34. The predicted molar refractivity (Wildman–Crippen MR) is 98.4 cm³/mol. The van der Waals surface area contributed by atoms with Crippen LogP contribution in [0.3, 0.4) is 0 Å². The molecule has 2 aromatic rings. The minimum Gasteiger partial charge on any atom is -0.493 e. The number of benzene rings is 2. The van der Waals surface area contributed by atoms with Crippen molar-refractivity contribution in [3.8, 4) is 11.5 Å². The summed E-state index contributed by atoms with van der Waals surface area (Å²) in [6, 6.07) is 14.3. The highest BCUT2D eigenvalue weighted by atomic mass is 16.6. The quantitative estimate of drug-likeness (QED) is 0.463. The number of nitrogens with zero attached hydrogens (tertiary/aromatic N) is 1. The van der Waals surface area contributed by atoms with Gasteiger partial charge < -0.3 is 14.2 Å². The Hall–Kier alpha value is -3.41. The molecule has 0 bridgehead atoms. The molecule has 0 atom stereocenters. The molecule has 0 radical (unpaired) electrons. The Morgan fingerprint density at radius 3 is 2.63 bits per heavy atom. The van der Waals surface area contributed by atoms with Gasteiger partial charge in [0.15, 0.2) is 17.2 Å². The lowest BCUT2D eigenvalue weighted by Crippen LogP contribution is -2.10. The molecule has 0 unspecified atom stereocenters. The predicted octanol–water partition coefficient (Wildman–Crippen LogP) is 3.36. The fourth-order valence-corrected chi connectivity index (χ4v) is 2.64. The number of aliphatic imine (C=N–C) groups is 1. The number of carbonyl (C=O) groups excluding carboxylic acids is 2. The molecule has 27 heavy (non-hydrogen) atoms. The van der Waals surface area contributed by atoms with Crippen LogP contribution >= 0.6 is 0 Å². The molecule has 2 aliphatic rings. The highest BCUT2D eigenvalue weighted by Gasteiger charge is 2.32. The minimum atomic E-state index is -0.517. The van der Waals surface area contributed by atoms with Gasteiger partial charge in [-0.15, -0.1) is 0 Å².